The fourth-order valence-electron chi connectivity index (χ4n) is 3.32. The highest BCUT2D eigenvalue weighted by Gasteiger charge is 2.33. The van der Waals surface area contributed by atoms with Gasteiger partial charge in [-0.05, 0) is 49.6 Å². The van der Waals surface area contributed by atoms with E-state index in [1.54, 1.807) is 0 Å². The smallest absolute Gasteiger partial charge is 0.308 e. The van der Waals surface area contributed by atoms with Crippen LogP contribution in [0, 0.1) is 6.92 Å². The summed E-state index contributed by atoms with van der Waals surface area (Å²) in [6, 6.07) is 16.8. The Morgan fingerprint density at radius 2 is 1.65 bits per heavy atom. The molecule has 0 fully saturated rings. The van der Waals surface area contributed by atoms with Crippen LogP contribution in [0.4, 0.5) is 30.2 Å². The van der Waals surface area contributed by atoms with Crippen LogP contribution in [0.25, 0.3) is 0 Å². The van der Waals surface area contributed by atoms with Crippen molar-refractivity contribution in [2.24, 2.45) is 0 Å². The van der Waals surface area contributed by atoms with Crippen LogP contribution in [-0.2, 0) is 19.0 Å². The summed E-state index contributed by atoms with van der Waals surface area (Å²) in [5.74, 6) is 0. The van der Waals surface area contributed by atoms with Gasteiger partial charge in [0, 0.05) is 17.6 Å². The lowest BCUT2D eigenvalue weighted by molar-refractivity contribution is -0.137. The maximum atomic E-state index is 13.3. The number of aromatic nitrogens is 1. The molecule has 5 heteroatoms. The molecule has 3 aromatic rings. The lowest BCUT2D eigenvalue weighted by atomic mass is 10.1. The molecule has 2 aromatic carbocycles. The second kappa shape index (κ2) is 6.16. The largest absolute Gasteiger partial charge is 0.417 e. The molecular weight excluding hydrogens is 337 g/mol. The number of hydrogen-bond donors (Lipinski definition) is 0. The van der Waals surface area contributed by atoms with E-state index in [0.29, 0.717) is 17.8 Å². The van der Waals surface area contributed by atoms with Gasteiger partial charge in [0.05, 0.1) is 16.9 Å². The van der Waals surface area contributed by atoms with Crippen molar-refractivity contribution >= 4 is 17.1 Å². The van der Waals surface area contributed by atoms with Gasteiger partial charge in [0.1, 0.15) is 0 Å². The summed E-state index contributed by atoms with van der Waals surface area (Å²) in [6.07, 6.45) is -2.15. The molecular formula is C21H17F3N2. The number of fused-ring (bicyclic) bond motifs is 2. The van der Waals surface area contributed by atoms with Gasteiger partial charge in [-0.25, -0.2) is 0 Å². The number of halogens is 3. The highest BCUT2D eigenvalue weighted by Crippen LogP contribution is 2.43. The van der Waals surface area contributed by atoms with E-state index in [0.717, 1.165) is 35.1 Å². The molecule has 2 heterocycles. The van der Waals surface area contributed by atoms with E-state index in [9.17, 15) is 13.2 Å². The van der Waals surface area contributed by atoms with Crippen molar-refractivity contribution < 1.29 is 13.2 Å². The maximum absolute atomic E-state index is 13.3. The van der Waals surface area contributed by atoms with Crippen molar-refractivity contribution in [2.75, 3.05) is 4.90 Å². The Hall–Kier alpha value is -2.82. The predicted octanol–water partition coefficient (Wildman–Crippen LogP) is 5.98. The SMILES string of the molecule is Cc1ccc(N2c3ccccc3CCc3ncc(C(F)(F)F)cc32)cc1. The zero-order valence-corrected chi connectivity index (χ0v) is 14.2. The van der Waals surface area contributed by atoms with Crippen LogP contribution in [-0.4, -0.2) is 4.98 Å². The second-order valence-corrected chi connectivity index (χ2v) is 6.49. The molecule has 0 spiro atoms. The molecule has 1 aromatic heterocycles. The number of anilines is 3. The average molecular weight is 354 g/mol. The molecule has 0 amide bonds. The monoisotopic (exact) mass is 354 g/mol. The van der Waals surface area contributed by atoms with Crippen LogP contribution >= 0.6 is 0 Å². The number of benzene rings is 2. The van der Waals surface area contributed by atoms with E-state index in [1.807, 2.05) is 60.4 Å². The maximum Gasteiger partial charge on any atom is 0.417 e. The minimum atomic E-state index is -4.42. The quantitative estimate of drug-likeness (QED) is 0.535. The highest BCUT2D eigenvalue weighted by atomic mass is 19.4. The first-order valence-electron chi connectivity index (χ1n) is 8.44. The van der Waals surface area contributed by atoms with Gasteiger partial charge in [-0.3, -0.25) is 4.98 Å². The number of nitrogens with zero attached hydrogens (tertiary/aromatic N) is 2. The Bertz CT molecular complexity index is 946. The van der Waals surface area contributed by atoms with Crippen LogP contribution < -0.4 is 4.90 Å². The van der Waals surface area contributed by atoms with Gasteiger partial charge in [0.15, 0.2) is 0 Å². The first kappa shape index (κ1) is 16.6. The molecule has 2 nitrogen and oxygen atoms in total. The van der Waals surface area contributed by atoms with Crippen molar-refractivity contribution in [3.05, 3.63) is 83.2 Å². The third kappa shape index (κ3) is 2.94. The molecule has 0 saturated heterocycles. The van der Waals surface area contributed by atoms with Gasteiger partial charge in [-0.1, -0.05) is 35.9 Å². The lowest BCUT2D eigenvalue weighted by Crippen LogP contribution is -2.14. The molecule has 4 rings (SSSR count). The summed E-state index contributed by atoms with van der Waals surface area (Å²) in [7, 11) is 0. The molecule has 0 aliphatic carbocycles. The topological polar surface area (TPSA) is 16.1 Å². The number of rotatable bonds is 1. The molecule has 0 unspecified atom stereocenters. The molecule has 0 atom stereocenters. The third-order valence-electron chi connectivity index (χ3n) is 4.67. The molecule has 0 N–H and O–H groups in total. The van der Waals surface area contributed by atoms with Gasteiger partial charge in [-0.15, -0.1) is 0 Å². The third-order valence-corrected chi connectivity index (χ3v) is 4.67. The minimum absolute atomic E-state index is 0.494. The summed E-state index contributed by atoms with van der Waals surface area (Å²) >= 11 is 0. The Morgan fingerprint density at radius 3 is 2.38 bits per heavy atom. The van der Waals surface area contributed by atoms with Gasteiger partial charge in [-0.2, -0.15) is 13.2 Å². The Morgan fingerprint density at radius 1 is 0.923 bits per heavy atom. The van der Waals surface area contributed by atoms with E-state index in [4.69, 9.17) is 0 Å². The van der Waals surface area contributed by atoms with E-state index < -0.39 is 11.7 Å². The molecule has 1 aliphatic rings. The predicted molar refractivity (Wildman–Crippen MR) is 96.1 cm³/mol. The number of para-hydroxylation sites is 1. The van der Waals surface area contributed by atoms with Crippen molar-refractivity contribution in [3.8, 4) is 0 Å². The van der Waals surface area contributed by atoms with Gasteiger partial charge < -0.3 is 4.90 Å². The molecule has 26 heavy (non-hydrogen) atoms. The number of alkyl halides is 3. The molecule has 0 bridgehead atoms. The Kier molecular flexibility index (Phi) is 3.94. The van der Waals surface area contributed by atoms with E-state index >= 15 is 0 Å². The molecule has 132 valence electrons. The van der Waals surface area contributed by atoms with E-state index in [2.05, 4.69) is 4.98 Å². The zero-order chi connectivity index (χ0) is 18.3. The normalized spacial score (nSPS) is 13.8. The standard InChI is InChI=1S/C21H17F3N2/c1-14-6-9-17(10-7-14)26-19-5-3-2-4-15(19)8-11-18-20(26)12-16(13-25-18)21(22,23)24/h2-7,9-10,12-13H,8,11H2,1H3. The fraction of sp³-hybridized carbons (Fsp3) is 0.190. The van der Waals surface area contributed by atoms with E-state index in [1.165, 1.54) is 6.07 Å². The Labute approximate surface area is 149 Å². The first-order valence-corrected chi connectivity index (χ1v) is 8.44. The summed E-state index contributed by atoms with van der Waals surface area (Å²) in [5.41, 5.74) is 4.36. The van der Waals surface area contributed by atoms with Crippen LogP contribution in [0.3, 0.4) is 0 Å². The average Bonchev–Trinajstić information content (AvgIpc) is 2.78. The van der Waals surface area contributed by atoms with Gasteiger partial charge in [0.25, 0.3) is 0 Å². The van der Waals surface area contributed by atoms with E-state index in [-0.39, 0.29) is 0 Å². The fourth-order valence-corrected chi connectivity index (χ4v) is 3.32. The molecule has 0 radical (unpaired) electrons. The van der Waals surface area contributed by atoms with Gasteiger partial charge >= 0.3 is 6.18 Å². The molecule has 0 saturated carbocycles. The van der Waals surface area contributed by atoms with Crippen molar-refractivity contribution in [1.29, 1.82) is 0 Å². The van der Waals surface area contributed by atoms with Crippen LogP contribution in [0.15, 0.2) is 60.8 Å². The van der Waals surface area contributed by atoms with Crippen molar-refractivity contribution in [3.63, 3.8) is 0 Å². The zero-order valence-electron chi connectivity index (χ0n) is 14.2. The summed E-state index contributed by atoms with van der Waals surface area (Å²) in [5, 5.41) is 0. The number of hydrogen-bond acceptors (Lipinski definition) is 2. The van der Waals surface area contributed by atoms with Crippen LogP contribution in [0.5, 0.6) is 0 Å². The van der Waals surface area contributed by atoms with Crippen molar-refractivity contribution in [1.82, 2.24) is 4.98 Å². The Balaban J connectivity index is 1.97. The van der Waals surface area contributed by atoms with Gasteiger partial charge in [0.2, 0.25) is 0 Å². The number of pyridine rings is 1. The lowest BCUT2D eigenvalue weighted by Gasteiger charge is -2.27. The second-order valence-electron chi connectivity index (χ2n) is 6.49. The number of aryl methyl sites for hydroxylation is 3. The van der Waals surface area contributed by atoms with Crippen molar-refractivity contribution in [2.45, 2.75) is 25.9 Å². The highest BCUT2D eigenvalue weighted by molar-refractivity contribution is 5.81. The van der Waals surface area contributed by atoms with Crippen LogP contribution in [0.1, 0.15) is 22.4 Å². The van der Waals surface area contributed by atoms with Crippen LogP contribution in [0.2, 0.25) is 0 Å². The first-order chi connectivity index (χ1) is 12.4. The summed E-state index contributed by atoms with van der Waals surface area (Å²) in [6.45, 7) is 1.98. The minimum Gasteiger partial charge on any atom is -0.308 e. The summed E-state index contributed by atoms with van der Waals surface area (Å²) in [4.78, 5) is 6.05. The summed E-state index contributed by atoms with van der Waals surface area (Å²) < 4.78 is 39.8. The molecule has 1 aliphatic heterocycles.